The van der Waals surface area contributed by atoms with Gasteiger partial charge in [-0.3, -0.25) is 4.98 Å². The van der Waals surface area contributed by atoms with Crippen molar-refractivity contribution in [2.24, 2.45) is 0 Å². The number of fused-ring (bicyclic) bond motifs is 1. The van der Waals surface area contributed by atoms with Gasteiger partial charge < -0.3 is 9.52 Å². The Labute approximate surface area is 115 Å². The number of para-hydroxylation sites is 1. The zero-order valence-electron chi connectivity index (χ0n) is 11.2. The molecule has 0 radical (unpaired) electrons. The fourth-order valence-electron chi connectivity index (χ4n) is 2.32. The smallest absolute Gasteiger partial charge is 0.170 e. The third-order valence-electron chi connectivity index (χ3n) is 3.35. The molecule has 0 saturated carbocycles. The first-order valence-corrected chi connectivity index (χ1v) is 6.36. The highest BCUT2D eigenvalue weighted by atomic mass is 19.1. The maximum Gasteiger partial charge on any atom is 0.170 e. The van der Waals surface area contributed by atoms with Crippen LogP contribution in [0.5, 0.6) is 0 Å². The second-order valence-corrected chi connectivity index (χ2v) is 4.84. The Morgan fingerprint density at radius 2 is 2.00 bits per heavy atom. The molecule has 1 atom stereocenters. The van der Waals surface area contributed by atoms with Crippen molar-refractivity contribution in [3.8, 4) is 0 Å². The van der Waals surface area contributed by atoms with Crippen LogP contribution in [0.4, 0.5) is 4.39 Å². The van der Waals surface area contributed by atoms with E-state index in [9.17, 15) is 9.50 Å². The number of halogens is 1. The first-order chi connectivity index (χ1) is 9.56. The molecule has 1 N–H and O–H groups in total. The van der Waals surface area contributed by atoms with Crippen LogP contribution in [0.1, 0.15) is 28.8 Å². The first-order valence-electron chi connectivity index (χ1n) is 6.36. The van der Waals surface area contributed by atoms with Crippen LogP contribution in [0.25, 0.3) is 11.0 Å². The summed E-state index contributed by atoms with van der Waals surface area (Å²) in [7, 11) is 0. The van der Waals surface area contributed by atoms with Gasteiger partial charge in [-0.05, 0) is 32.0 Å². The number of aliphatic hydroxyl groups is 1. The summed E-state index contributed by atoms with van der Waals surface area (Å²) in [5.74, 6) is -0.112. The standard InChI is InChI=1S/C16H14FNO2/c1-9-6-7-12(10(2)18-9)15(19)14-8-11-4-3-5-13(17)16(11)20-14/h3-8,15,19H,1-2H3. The lowest BCUT2D eigenvalue weighted by Crippen LogP contribution is -2.03. The monoisotopic (exact) mass is 271 g/mol. The van der Waals surface area contributed by atoms with Crippen LogP contribution in [0.15, 0.2) is 40.8 Å². The number of rotatable bonds is 2. The summed E-state index contributed by atoms with van der Waals surface area (Å²) in [6.07, 6.45) is -0.949. The molecule has 1 aromatic carbocycles. The molecular formula is C16H14FNO2. The van der Waals surface area contributed by atoms with E-state index in [0.29, 0.717) is 16.7 Å². The van der Waals surface area contributed by atoms with E-state index in [1.54, 1.807) is 18.2 Å². The summed E-state index contributed by atoms with van der Waals surface area (Å²) in [6.45, 7) is 3.72. The highest BCUT2D eigenvalue weighted by Crippen LogP contribution is 2.30. The van der Waals surface area contributed by atoms with Gasteiger partial charge in [0, 0.05) is 22.3 Å². The van der Waals surface area contributed by atoms with Crippen molar-refractivity contribution in [3.05, 3.63) is 64.9 Å². The van der Waals surface area contributed by atoms with Crippen molar-refractivity contribution in [2.75, 3.05) is 0 Å². The van der Waals surface area contributed by atoms with Crippen LogP contribution in [0.2, 0.25) is 0 Å². The van der Waals surface area contributed by atoms with Gasteiger partial charge in [-0.2, -0.15) is 0 Å². The first kappa shape index (κ1) is 12.8. The van der Waals surface area contributed by atoms with E-state index in [0.717, 1.165) is 11.4 Å². The number of aliphatic hydroxyl groups excluding tert-OH is 1. The molecule has 3 nitrogen and oxygen atoms in total. The van der Waals surface area contributed by atoms with E-state index in [4.69, 9.17) is 4.42 Å². The molecule has 0 spiro atoms. The second-order valence-electron chi connectivity index (χ2n) is 4.84. The van der Waals surface area contributed by atoms with Gasteiger partial charge in [0.05, 0.1) is 0 Å². The summed E-state index contributed by atoms with van der Waals surface area (Å²) in [6, 6.07) is 9.99. The van der Waals surface area contributed by atoms with Gasteiger partial charge in [0.25, 0.3) is 0 Å². The number of aryl methyl sites for hydroxylation is 2. The molecule has 2 aromatic heterocycles. The van der Waals surface area contributed by atoms with Crippen molar-refractivity contribution in [1.29, 1.82) is 0 Å². The molecule has 102 valence electrons. The fraction of sp³-hybridized carbons (Fsp3) is 0.188. The molecule has 4 heteroatoms. The predicted octanol–water partition coefficient (Wildman–Crippen LogP) is 3.67. The number of nitrogens with zero attached hydrogens (tertiary/aromatic N) is 1. The Hall–Kier alpha value is -2.20. The lowest BCUT2D eigenvalue weighted by Gasteiger charge is -2.11. The third kappa shape index (κ3) is 2.08. The number of hydrogen-bond donors (Lipinski definition) is 1. The minimum Gasteiger partial charge on any atom is -0.455 e. The Morgan fingerprint density at radius 3 is 2.70 bits per heavy atom. The van der Waals surface area contributed by atoms with Gasteiger partial charge in [-0.25, -0.2) is 4.39 Å². The number of benzene rings is 1. The zero-order chi connectivity index (χ0) is 14.3. The van der Waals surface area contributed by atoms with Crippen molar-refractivity contribution >= 4 is 11.0 Å². The quantitative estimate of drug-likeness (QED) is 0.773. The molecule has 0 aliphatic heterocycles. The van der Waals surface area contributed by atoms with Crippen LogP contribution < -0.4 is 0 Å². The molecule has 0 aliphatic rings. The van der Waals surface area contributed by atoms with Gasteiger partial charge in [0.15, 0.2) is 11.4 Å². The Kier molecular flexibility index (Phi) is 3.03. The molecule has 3 rings (SSSR count). The average Bonchev–Trinajstić information content (AvgIpc) is 2.83. The van der Waals surface area contributed by atoms with Crippen molar-refractivity contribution in [3.63, 3.8) is 0 Å². The van der Waals surface area contributed by atoms with E-state index in [2.05, 4.69) is 4.98 Å². The van der Waals surface area contributed by atoms with Gasteiger partial charge in [0.2, 0.25) is 0 Å². The summed E-state index contributed by atoms with van der Waals surface area (Å²) in [5.41, 5.74) is 2.45. The molecule has 0 saturated heterocycles. The van der Waals surface area contributed by atoms with E-state index >= 15 is 0 Å². The number of furan rings is 1. The third-order valence-corrected chi connectivity index (χ3v) is 3.35. The largest absolute Gasteiger partial charge is 0.455 e. The zero-order valence-corrected chi connectivity index (χ0v) is 11.2. The SMILES string of the molecule is Cc1ccc(C(O)c2cc3cccc(F)c3o2)c(C)n1. The predicted molar refractivity (Wildman–Crippen MR) is 73.9 cm³/mol. The molecule has 0 bridgehead atoms. The highest BCUT2D eigenvalue weighted by molar-refractivity contribution is 5.78. The Balaban J connectivity index is 2.08. The van der Waals surface area contributed by atoms with E-state index < -0.39 is 11.9 Å². The van der Waals surface area contributed by atoms with Crippen molar-refractivity contribution < 1.29 is 13.9 Å². The van der Waals surface area contributed by atoms with Crippen LogP contribution in [-0.4, -0.2) is 10.1 Å². The average molecular weight is 271 g/mol. The van der Waals surface area contributed by atoms with Gasteiger partial charge in [-0.1, -0.05) is 18.2 Å². The van der Waals surface area contributed by atoms with Crippen LogP contribution >= 0.6 is 0 Å². The minimum absolute atomic E-state index is 0.166. The fourth-order valence-corrected chi connectivity index (χ4v) is 2.32. The minimum atomic E-state index is -0.949. The van der Waals surface area contributed by atoms with E-state index in [-0.39, 0.29) is 5.58 Å². The van der Waals surface area contributed by atoms with Gasteiger partial charge >= 0.3 is 0 Å². The lowest BCUT2D eigenvalue weighted by atomic mass is 10.1. The Bertz CT molecular complexity index is 779. The van der Waals surface area contributed by atoms with Gasteiger partial charge in [0.1, 0.15) is 11.9 Å². The number of hydrogen-bond acceptors (Lipinski definition) is 3. The normalized spacial score (nSPS) is 12.8. The molecule has 0 fully saturated rings. The molecule has 3 aromatic rings. The topological polar surface area (TPSA) is 46.3 Å². The molecule has 2 heterocycles. The molecule has 0 amide bonds. The van der Waals surface area contributed by atoms with Crippen molar-refractivity contribution in [1.82, 2.24) is 4.98 Å². The summed E-state index contributed by atoms with van der Waals surface area (Å²) in [4.78, 5) is 4.32. The van der Waals surface area contributed by atoms with Crippen LogP contribution in [0.3, 0.4) is 0 Å². The summed E-state index contributed by atoms with van der Waals surface area (Å²) < 4.78 is 19.1. The summed E-state index contributed by atoms with van der Waals surface area (Å²) >= 11 is 0. The Morgan fingerprint density at radius 1 is 1.20 bits per heavy atom. The molecule has 0 aliphatic carbocycles. The summed E-state index contributed by atoms with van der Waals surface area (Å²) in [5, 5.41) is 11.0. The number of pyridine rings is 1. The molecule has 1 unspecified atom stereocenters. The molecule has 20 heavy (non-hydrogen) atoms. The molecular weight excluding hydrogens is 257 g/mol. The van der Waals surface area contributed by atoms with Crippen LogP contribution in [-0.2, 0) is 0 Å². The second kappa shape index (κ2) is 4.72. The lowest BCUT2D eigenvalue weighted by molar-refractivity contribution is 0.190. The van der Waals surface area contributed by atoms with Crippen LogP contribution in [0, 0.1) is 19.7 Å². The van der Waals surface area contributed by atoms with E-state index in [1.807, 2.05) is 26.0 Å². The van der Waals surface area contributed by atoms with Crippen molar-refractivity contribution in [2.45, 2.75) is 20.0 Å². The van der Waals surface area contributed by atoms with Gasteiger partial charge in [-0.15, -0.1) is 0 Å². The van der Waals surface area contributed by atoms with E-state index in [1.165, 1.54) is 6.07 Å². The maximum absolute atomic E-state index is 13.6. The highest BCUT2D eigenvalue weighted by Gasteiger charge is 2.19. The maximum atomic E-state index is 13.6. The number of aromatic nitrogens is 1.